The maximum Gasteiger partial charge on any atom is 0.343 e. The van der Waals surface area contributed by atoms with E-state index in [-0.39, 0.29) is 12.5 Å². The predicted octanol–water partition coefficient (Wildman–Crippen LogP) is 4.66. The van der Waals surface area contributed by atoms with Crippen LogP contribution in [0.2, 0.25) is 0 Å². The van der Waals surface area contributed by atoms with Gasteiger partial charge in [-0.05, 0) is 80.6 Å². The van der Waals surface area contributed by atoms with Crippen molar-refractivity contribution in [2.45, 2.75) is 20.8 Å². The number of aliphatic imine (C=N–C) groups is 1. The number of benzene rings is 2. The molecule has 1 amide bonds. The normalized spacial score (nSPS) is 15.6. The van der Waals surface area contributed by atoms with Crippen LogP contribution in [-0.2, 0) is 14.3 Å². The van der Waals surface area contributed by atoms with E-state index in [9.17, 15) is 9.59 Å². The van der Waals surface area contributed by atoms with E-state index < -0.39 is 5.97 Å². The van der Waals surface area contributed by atoms with Gasteiger partial charge in [-0.1, -0.05) is 6.07 Å². The Labute approximate surface area is 203 Å². The van der Waals surface area contributed by atoms with Gasteiger partial charge in [0.1, 0.15) is 5.75 Å². The maximum absolute atomic E-state index is 13.0. The summed E-state index contributed by atoms with van der Waals surface area (Å²) < 4.78 is 21.2. The first-order chi connectivity index (χ1) is 16.5. The van der Waals surface area contributed by atoms with Crippen LogP contribution >= 0.6 is 11.8 Å². The number of hydrogen-bond acceptors (Lipinski definition) is 8. The quantitative estimate of drug-likeness (QED) is 0.358. The molecular formula is C25H28N2O6S. The number of amides is 1. The number of thioether (sulfide) groups is 1. The van der Waals surface area contributed by atoms with E-state index in [0.717, 1.165) is 17.0 Å². The molecule has 0 radical (unpaired) electrons. The number of likely N-dealkylation sites (N-methyl/N-ethyl adjacent to an activating group) is 1. The molecule has 8 nitrogen and oxygen atoms in total. The van der Waals surface area contributed by atoms with Crippen LogP contribution < -0.4 is 14.2 Å². The standard InChI is InChI=1S/C25H28N2O6S/c1-5-27-24(29)22(34-25(27)26-18-9-11-19(12-10-18)31-6-2)15-17-8-13-20(21(14-17)32-7-3)33-16-23(28)30-4/h8-15H,5-7,16H2,1-4H3/b22-15-,26-25?. The fourth-order valence-corrected chi connectivity index (χ4v) is 4.18. The molecule has 3 rings (SSSR count). The highest BCUT2D eigenvalue weighted by Gasteiger charge is 2.32. The van der Waals surface area contributed by atoms with Gasteiger partial charge in [-0.2, -0.15) is 0 Å². The Morgan fingerprint density at radius 1 is 1.00 bits per heavy atom. The monoisotopic (exact) mass is 484 g/mol. The third kappa shape index (κ3) is 6.32. The van der Waals surface area contributed by atoms with Crippen molar-refractivity contribution in [1.82, 2.24) is 4.90 Å². The summed E-state index contributed by atoms with van der Waals surface area (Å²) in [4.78, 5) is 31.3. The van der Waals surface area contributed by atoms with Crippen LogP contribution in [0.15, 0.2) is 52.4 Å². The smallest absolute Gasteiger partial charge is 0.343 e. The number of ether oxygens (including phenoxy) is 4. The van der Waals surface area contributed by atoms with Crippen molar-refractivity contribution in [2.24, 2.45) is 4.99 Å². The van der Waals surface area contributed by atoms with Gasteiger partial charge in [0.25, 0.3) is 5.91 Å². The highest BCUT2D eigenvalue weighted by molar-refractivity contribution is 8.18. The molecule has 0 bridgehead atoms. The molecule has 2 aromatic carbocycles. The lowest BCUT2D eigenvalue weighted by Crippen LogP contribution is -2.28. The number of methoxy groups -OCH3 is 1. The van der Waals surface area contributed by atoms with Crippen molar-refractivity contribution in [3.05, 3.63) is 52.9 Å². The van der Waals surface area contributed by atoms with Gasteiger partial charge in [-0.25, -0.2) is 9.79 Å². The Morgan fingerprint density at radius 3 is 2.38 bits per heavy atom. The Kier molecular flexibility index (Phi) is 8.98. The van der Waals surface area contributed by atoms with Gasteiger partial charge in [0.05, 0.1) is 30.9 Å². The lowest BCUT2D eigenvalue weighted by Gasteiger charge is -2.12. The molecule has 9 heteroatoms. The van der Waals surface area contributed by atoms with Crippen molar-refractivity contribution >= 4 is 40.6 Å². The van der Waals surface area contributed by atoms with Gasteiger partial charge in [0, 0.05) is 6.54 Å². The second kappa shape index (κ2) is 12.1. The number of rotatable bonds is 10. The van der Waals surface area contributed by atoms with Gasteiger partial charge in [0.15, 0.2) is 23.3 Å². The molecule has 0 unspecified atom stereocenters. The predicted molar refractivity (Wildman–Crippen MR) is 133 cm³/mol. The largest absolute Gasteiger partial charge is 0.494 e. The number of nitrogens with zero attached hydrogens (tertiary/aromatic N) is 2. The summed E-state index contributed by atoms with van der Waals surface area (Å²) in [6, 6.07) is 12.7. The van der Waals surface area contributed by atoms with Crippen molar-refractivity contribution < 1.29 is 28.5 Å². The molecular weight excluding hydrogens is 456 g/mol. The van der Waals surface area contributed by atoms with Crippen molar-refractivity contribution in [3.63, 3.8) is 0 Å². The Balaban J connectivity index is 1.83. The summed E-state index contributed by atoms with van der Waals surface area (Å²) in [5.74, 6) is 1.08. The number of esters is 1. The zero-order valence-electron chi connectivity index (χ0n) is 19.7. The van der Waals surface area contributed by atoms with E-state index >= 15 is 0 Å². The van der Waals surface area contributed by atoms with Crippen LogP contribution in [0.5, 0.6) is 17.2 Å². The topological polar surface area (TPSA) is 86.7 Å². The van der Waals surface area contributed by atoms with E-state index in [1.807, 2.05) is 45.0 Å². The van der Waals surface area contributed by atoms with Crippen molar-refractivity contribution in [1.29, 1.82) is 0 Å². The molecule has 0 saturated carbocycles. The molecule has 1 aliphatic rings. The fraction of sp³-hybridized carbons (Fsp3) is 0.320. The maximum atomic E-state index is 13.0. The van der Waals surface area contributed by atoms with Gasteiger partial charge >= 0.3 is 5.97 Å². The van der Waals surface area contributed by atoms with Crippen LogP contribution in [0.4, 0.5) is 5.69 Å². The van der Waals surface area contributed by atoms with Gasteiger partial charge in [-0.15, -0.1) is 0 Å². The molecule has 0 N–H and O–H groups in total. The van der Waals surface area contributed by atoms with Gasteiger partial charge in [0.2, 0.25) is 0 Å². The van der Waals surface area contributed by atoms with Crippen molar-refractivity contribution in [3.8, 4) is 17.2 Å². The molecule has 0 aromatic heterocycles. The third-order valence-electron chi connectivity index (χ3n) is 4.72. The third-order valence-corrected chi connectivity index (χ3v) is 5.72. The summed E-state index contributed by atoms with van der Waals surface area (Å²) in [7, 11) is 1.30. The highest BCUT2D eigenvalue weighted by atomic mass is 32.2. The number of hydrogen-bond donors (Lipinski definition) is 0. The summed E-state index contributed by atoms with van der Waals surface area (Å²) in [5, 5.41) is 0.617. The van der Waals surface area contributed by atoms with Gasteiger partial charge in [-0.3, -0.25) is 9.69 Å². The minimum Gasteiger partial charge on any atom is -0.494 e. The Morgan fingerprint density at radius 2 is 1.74 bits per heavy atom. The first kappa shape index (κ1) is 25.2. The van der Waals surface area contributed by atoms with Crippen LogP contribution in [0.25, 0.3) is 6.08 Å². The molecule has 0 spiro atoms. The molecule has 1 fully saturated rings. The van der Waals surface area contributed by atoms with Crippen LogP contribution in [0.1, 0.15) is 26.3 Å². The van der Waals surface area contributed by atoms with Crippen molar-refractivity contribution in [2.75, 3.05) is 33.5 Å². The number of carbonyl (C=O) groups is 2. The second-order valence-electron chi connectivity index (χ2n) is 6.99. The Hall–Kier alpha value is -3.46. The zero-order chi connectivity index (χ0) is 24.5. The van der Waals surface area contributed by atoms with Crippen LogP contribution in [-0.4, -0.2) is 55.4 Å². The average molecular weight is 485 g/mol. The van der Waals surface area contributed by atoms with E-state index in [1.54, 1.807) is 29.2 Å². The SMILES string of the molecule is CCOc1ccc(N=C2S/C(=C\c3ccc(OCC(=O)OC)c(OCC)c3)C(=O)N2CC)cc1. The molecule has 2 aromatic rings. The van der Waals surface area contributed by atoms with Gasteiger partial charge < -0.3 is 18.9 Å². The summed E-state index contributed by atoms with van der Waals surface area (Å²) in [6.45, 7) is 7.00. The molecule has 1 aliphatic heterocycles. The summed E-state index contributed by atoms with van der Waals surface area (Å²) >= 11 is 1.32. The average Bonchev–Trinajstić information content (AvgIpc) is 3.13. The summed E-state index contributed by atoms with van der Waals surface area (Å²) in [6.07, 6.45) is 1.79. The first-order valence-electron chi connectivity index (χ1n) is 11.0. The minimum absolute atomic E-state index is 0.110. The molecule has 1 saturated heterocycles. The summed E-state index contributed by atoms with van der Waals surface area (Å²) in [5.41, 5.74) is 1.51. The van der Waals surface area contributed by atoms with E-state index in [0.29, 0.717) is 41.3 Å². The molecule has 1 heterocycles. The fourth-order valence-electron chi connectivity index (χ4n) is 3.11. The molecule has 0 atom stereocenters. The lowest BCUT2D eigenvalue weighted by molar-refractivity contribution is -0.142. The van der Waals surface area contributed by atoms with Crippen LogP contribution in [0.3, 0.4) is 0 Å². The first-order valence-corrected chi connectivity index (χ1v) is 11.8. The zero-order valence-corrected chi connectivity index (χ0v) is 20.5. The highest BCUT2D eigenvalue weighted by Crippen LogP contribution is 2.36. The molecule has 0 aliphatic carbocycles. The number of carbonyl (C=O) groups excluding carboxylic acids is 2. The minimum atomic E-state index is -0.486. The molecule has 34 heavy (non-hydrogen) atoms. The van der Waals surface area contributed by atoms with Crippen LogP contribution in [0, 0.1) is 0 Å². The Bertz CT molecular complexity index is 1080. The van der Waals surface area contributed by atoms with E-state index in [4.69, 9.17) is 14.2 Å². The lowest BCUT2D eigenvalue weighted by atomic mass is 10.2. The number of amidine groups is 1. The van der Waals surface area contributed by atoms with E-state index in [1.165, 1.54) is 18.9 Å². The second-order valence-corrected chi connectivity index (χ2v) is 7.99. The van der Waals surface area contributed by atoms with E-state index in [2.05, 4.69) is 9.73 Å². The molecule has 180 valence electrons.